The molecule has 0 saturated heterocycles. The van der Waals surface area contributed by atoms with E-state index in [9.17, 15) is 9.59 Å². The van der Waals surface area contributed by atoms with E-state index in [4.69, 9.17) is 10.8 Å². The van der Waals surface area contributed by atoms with E-state index in [0.29, 0.717) is 26.1 Å². The SMILES string of the molecule is CCCN(CC(=O)O)C(=O)c1cn(CCN)nn1. The zero-order chi connectivity index (χ0) is 13.5. The van der Waals surface area contributed by atoms with Crippen molar-refractivity contribution in [3.05, 3.63) is 11.9 Å². The zero-order valence-corrected chi connectivity index (χ0v) is 10.2. The summed E-state index contributed by atoms with van der Waals surface area (Å²) < 4.78 is 1.46. The highest BCUT2D eigenvalue weighted by molar-refractivity contribution is 5.93. The van der Waals surface area contributed by atoms with Gasteiger partial charge in [-0.05, 0) is 6.42 Å². The highest BCUT2D eigenvalue weighted by atomic mass is 16.4. The lowest BCUT2D eigenvalue weighted by Gasteiger charge is -2.18. The number of carbonyl (C=O) groups is 2. The lowest BCUT2D eigenvalue weighted by atomic mass is 10.3. The Morgan fingerprint density at radius 1 is 1.56 bits per heavy atom. The van der Waals surface area contributed by atoms with Crippen LogP contribution in [0.4, 0.5) is 0 Å². The van der Waals surface area contributed by atoms with Crippen LogP contribution in [0, 0.1) is 0 Å². The number of carboxylic acid groups (broad SMARTS) is 1. The largest absolute Gasteiger partial charge is 0.480 e. The molecular formula is C10H17N5O3. The molecule has 0 saturated carbocycles. The van der Waals surface area contributed by atoms with E-state index in [1.165, 1.54) is 15.8 Å². The summed E-state index contributed by atoms with van der Waals surface area (Å²) in [5.41, 5.74) is 5.49. The van der Waals surface area contributed by atoms with Crippen LogP contribution < -0.4 is 5.73 Å². The van der Waals surface area contributed by atoms with Crippen molar-refractivity contribution in [2.75, 3.05) is 19.6 Å². The molecule has 8 heteroatoms. The summed E-state index contributed by atoms with van der Waals surface area (Å²) >= 11 is 0. The number of hydrogen-bond donors (Lipinski definition) is 2. The number of aromatic nitrogens is 3. The Morgan fingerprint density at radius 2 is 2.28 bits per heavy atom. The summed E-state index contributed by atoms with van der Waals surface area (Å²) in [7, 11) is 0. The molecule has 1 aromatic rings. The van der Waals surface area contributed by atoms with Crippen LogP contribution in [0.1, 0.15) is 23.8 Å². The summed E-state index contributed by atoms with van der Waals surface area (Å²) in [6, 6.07) is 0. The highest BCUT2D eigenvalue weighted by Crippen LogP contribution is 2.02. The molecule has 1 rings (SSSR count). The minimum atomic E-state index is -1.05. The van der Waals surface area contributed by atoms with Crippen molar-refractivity contribution in [3.63, 3.8) is 0 Å². The van der Waals surface area contributed by atoms with E-state index < -0.39 is 11.9 Å². The first kappa shape index (κ1) is 14.1. The molecule has 0 radical (unpaired) electrons. The maximum atomic E-state index is 12.0. The number of carbonyl (C=O) groups excluding carboxylic acids is 1. The molecule has 1 amide bonds. The fourth-order valence-electron chi connectivity index (χ4n) is 1.49. The van der Waals surface area contributed by atoms with E-state index in [1.54, 1.807) is 0 Å². The molecule has 0 spiro atoms. The predicted molar refractivity (Wildman–Crippen MR) is 62.9 cm³/mol. The van der Waals surface area contributed by atoms with Crippen LogP contribution in [0.25, 0.3) is 0 Å². The van der Waals surface area contributed by atoms with Crippen LogP contribution >= 0.6 is 0 Å². The lowest BCUT2D eigenvalue weighted by Crippen LogP contribution is -2.36. The molecule has 0 atom stereocenters. The predicted octanol–water partition coefficient (Wildman–Crippen LogP) is -0.826. The maximum absolute atomic E-state index is 12.0. The number of hydrogen-bond acceptors (Lipinski definition) is 5. The van der Waals surface area contributed by atoms with Gasteiger partial charge in [-0.1, -0.05) is 12.1 Å². The van der Waals surface area contributed by atoms with Crippen LogP contribution in [-0.4, -0.2) is 56.5 Å². The first-order valence-corrected chi connectivity index (χ1v) is 5.69. The average Bonchev–Trinajstić information content (AvgIpc) is 2.76. The summed E-state index contributed by atoms with van der Waals surface area (Å²) in [4.78, 5) is 23.9. The Kier molecular flexibility index (Phi) is 5.25. The standard InChI is InChI=1S/C10H17N5O3/c1-2-4-14(7-9(16)17)10(18)8-6-15(5-3-11)13-12-8/h6H,2-5,7,11H2,1H3,(H,16,17). The van der Waals surface area contributed by atoms with Crippen molar-refractivity contribution >= 4 is 11.9 Å². The molecule has 100 valence electrons. The van der Waals surface area contributed by atoms with Crippen molar-refractivity contribution < 1.29 is 14.7 Å². The second-order valence-corrected chi connectivity index (χ2v) is 3.78. The van der Waals surface area contributed by atoms with Crippen molar-refractivity contribution in [2.24, 2.45) is 5.73 Å². The lowest BCUT2D eigenvalue weighted by molar-refractivity contribution is -0.137. The van der Waals surface area contributed by atoms with E-state index in [1.807, 2.05) is 6.92 Å². The molecule has 0 aliphatic rings. The minimum Gasteiger partial charge on any atom is -0.480 e. The van der Waals surface area contributed by atoms with Crippen molar-refractivity contribution in [1.29, 1.82) is 0 Å². The molecule has 0 fully saturated rings. The van der Waals surface area contributed by atoms with Crippen molar-refractivity contribution in [1.82, 2.24) is 19.9 Å². The second kappa shape index (κ2) is 6.70. The molecule has 8 nitrogen and oxygen atoms in total. The topological polar surface area (TPSA) is 114 Å². The van der Waals surface area contributed by atoms with Gasteiger partial charge in [0.1, 0.15) is 6.54 Å². The van der Waals surface area contributed by atoms with E-state index in [0.717, 1.165) is 0 Å². The smallest absolute Gasteiger partial charge is 0.323 e. The quantitative estimate of drug-likeness (QED) is 0.657. The summed E-state index contributed by atoms with van der Waals surface area (Å²) in [6.07, 6.45) is 2.15. The van der Waals surface area contributed by atoms with Crippen LogP contribution in [0.3, 0.4) is 0 Å². The number of aliphatic carboxylic acids is 1. The van der Waals surface area contributed by atoms with Gasteiger partial charge < -0.3 is 15.7 Å². The summed E-state index contributed by atoms with van der Waals surface area (Å²) in [6.45, 7) is 2.76. The van der Waals surface area contributed by atoms with Crippen LogP contribution in [0.15, 0.2) is 6.20 Å². The molecular weight excluding hydrogens is 238 g/mol. The highest BCUT2D eigenvalue weighted by Gasteiger charge is 2.20. The summed E-state index contributed by atoms with van der Waals surface area (Å²) in [5.74, 6) is -1.48. The van der Waals surface area contributed by atoms with Crippen molar-refractivity contribution in [3.8, 4) is 0 Å². The molecule has 3 N–H and O–H groups in total. The van der Waals surface area contributed by atoms with Gasteiger partial charge in [-0.2, -0.15) is 0 Å². The van der Waals surface area contributed by atoms with E-state index >= 15 is 0 Å². The minimum absolute atomic E-state index is 0.137. The van der Waals surface area contributed by atoms with Gasteiger partial charge >= 0.3 is 5.97 Å². The molecule has 0 bridgehead atoms. The normalized spacial score (nSPS) is 10.3. The number of carboxylic acids is 1. The monoisotopic (exact) mass is 255 g/mol. The fourth-order valence-corrected chi connectivity index (χ4v) is 1.49. The molecule has 0 aliphatic carbocycles. The molecule has 1 heterocycles. The first-order valence-electron chi connectivity index (χ1n) is 5.69. The van der Waals surface area contributed by atoms with E-state index in [-0.39, 0.29) is 12.2 Å². The molecule has 18 heavy (non-hydrogen) atoms. The number of nitrogens with two attached hydrogens (primary N) is 1. The van der Waals surface area contributed by atoms with Gasteiger partial charge in [-0.15, -0.1) is 5.10 Å². The zero-order valence-electron chi connectivity index (χ0n) is 10.2. The van der Waals surface area contributed by atoms with Gasteiger partial charge in [0, 0.05) is 13.1 Å². The average molecular weight is 255 g/mol. The van der Waals surface area contributed by atoms with Gasteiger partial charge in [0.25, 0.3) is 5.91 Å². The Labute approximate surface area is 104 Å². The Bertz CT molecular complexity index is 417. The van der Waals surface area contributed by atoms with Crippen LogP contribution in [0.5, 0.6) is 0 Å². The summed E-state index contributed by atoms with van der Waals surface area (Å²) in [5, 5.41) is 16.2. The molecule has 0 unspecified atom stereocenters. The van der Waals surface area contributed by atoms with Gasteiger partial charge in [-0.3, -0.25) is 14.3 Å². The number of nitrogens with zero attached hydrogens (tertiary/aromatic N) is 4. The van der Waals surface area contributed by atoms with Crippen LogP contribution in [0.2, 0.25) is 0 Å². The third kappa shape index (κ3) is 3.81. The van der Waals surface area contributed by atoms with Gasteiger partial charge in [0.2, 0.25) is 0 Å². The third-order valence-corrected chi connectivity index (χ3v) is 2.22. The number of amides is 1. The molecule has 0 aliphatic heterocycles. The first-order chi connectivity index (χ1) is 8.58. The van der Waals surface area contributed by atoms with E-state index in [2.05, 4.69) is 10.3 Å². The second-order valence-electron chi connectivity index (χ2n) is 3.78. The van der Waals surface area contributed by atoms with Gasteiger partial charge in [0.05, 0.1) is 12.7 Å². The van der Waals surface area contributed by atoms with Gasteiger partial charge in [-0.25, -0.2) is 0 Å². The van der Waals surface area contributed by atoms with Crippen molar-refractivity contribution in [2.45, 2.75) is 19.9 Å². The molecule has 0 aromatic carbocycles. The maximum Gasteiger partial charge on any atom is 0.323 e. The number of rotatable bonds is 7. The third-order valence-electron chi connectivity index (χ3n) is 2.22. The van der Waals surface area contributed by atoms with Crippen LogP contribution in [-0.2, 0) is 11.3 Å². The Morgan fingerprint density at radius 3 is 2.83 bits per heavy atom. The van der Waals surface area contributed by atoms with Gasteiger partial charge in [0.15, 0.2) is 5.69 Å². The Hall–Kier alpha value is -1.96. The molecule has 1 aromatic heterocycles. The Balaban J connectivity index is 2.77. The fraction of sp³-hybridized carbons (Fsp3) is 0.600.